The first-order chi connectivity index (χ1) is 7.70. The van der Waals surface area contributed by atoms with E-state index in [0.29, 0.717) is 16.6 Å². The molecule has 2 rings (SSSR count). The summed E-state index contributed by atoms with van der Waals surface area (Å²) in [5.41, 5.74) is 6.98. The Labute approximate surface area is 106 Å². The van der Waals surface area contributed by atoms with Gasteiger partial charge in [0, 0.05) is 22.6 Å². The SMILES string of the molecule is NC[C@@H](c1cc(Cl)cc(Cl)c1)N1CCCC1. The predicted octanol–water partition coefficient (Wildman–Crippen LogP) is 3.09. The number of nitrogens with zero attached hydrogens (tertiary/aromatic N) is 1. The Hall–Kier alpha value is -0.280. The van der Waals surface area contributed by atoms with Crippen LogP contribution in [0.15, 0.2) is 18.2 Å². The van der Waals surface area contributed by atoms with Gasteiger partial charge in [0.2, 0.25) is 0 Å². The summed E-state index contributed by atoms with van der Waals surface area (Å²) in [4.78, 5) is 2.40. The Morgan fingerprint density at radius 3 is 2.19 bits per heavy atom. The van der Waals surface area contributed by atoms with Crippen molar-refractivity contribution in [1.29, 1.82) is 0 Å². The molecule has 1 saturated heterocycles. The molecule has 0 saturated carbocycles. The summed E-state index contributed by atoms with van der Waals surface area (Å²) in [6.45, 7) is 2.84. The van der Waals surface area contributed by atoms with Gasteiger partial charge in [-0.1, -0.05) is 23.2 Å². The minimum atomic E-state index is 0.249. The highest BCUT2D eigenvalue weighted by atomic mass is 35.5. The van der Waals surface area contributed by atoms with Crippen molar-refractivity contribution >= 4 is 23.2 Å². The summed E-state index contributed by atoms with van der Waals surface area (Å²) >= 11 is 12.0. The largest absolute Gasteiger partial charge is 0.329 e. The van der Waals surface area contributed by atoms with Crippen LogP contribution in [-0.2, 0) is 0 Å². The van der Waals surface area contributed by atoms with Crippen LogP contribution in [0.4, 0.5) is 0 Å². The van der Waals surface area contributed by atoms with Crippen LogP contribution < -0.4 is 5.73 Å². The fourth-order valence-electron chi connectivity index (χ4n) is 2.32. The van der Waals surface area contributed by atoms with E-state index < -0.39 is 0 Å². The van der Waals surface area contributed by atoms with Crippen molar-refractivity contribution in [3.63, 3.8) is 0 Å². The van der Waals surface area contributed by atoms with Crippen molar-refractivity contribution in [2.75, 3.05) is 19.6 Å². The summed E-state index contributed by atoms with van der Waals surface area (Å²) in [5, 5.41) is 1.36. The van der Waals surface area contributed by atoms with Gasteiger partial charge in [0.15, 0.2) is 0 Å². The topological polar surface area (TPSA) is 29.3 Å². The van der Waals surface area contributed by atoms with E-state index in [2.05, 4.69) is 4.90 Å². The van der Waals surface area contributed by atoms with Gasteiger partial charge < -0.3 is 5.73 Å². The molecule has 0 aliphatic carbocycles. The molecular formula is C12H16Cl2N2. The fourth-order valence-corrected chi connectivity index (χ4v) is 2.86. The number of benzene rings is 1. The van der Waals surface area contributed by atoms with Crippen molar-refractivity contribution in [2.45, 2.75) is 18.9 Å². The van der Waals surface area contributed by atoms with Crippen molar-refractivity contribution in [2.24, 2.45) is 5.73 Å². The standard InChI is InChI=1S/C12H16Cl2N2/c13-10-5-9(6-11(14)7-10)12(8-15)16-3-1-2-4-16/h5-7,12H,1-4,8,15H2/t12-/m0/s1. The van der Waals surface area contributed by atoms with Gasteiger partial charge in [-0.05, 0) is 49.7 Å². The number of hydrogen-bond acceptors (Lipinski definition) is 2. The van der Waals surface area contributed by atoms with E-state index in [-0.39, 0.29) is 6.04 Å². The van der Waals surface area contributed by atoms with E-state index >= 15 is 0 Å². The van der Waals surface area contributed by atoms with Gasteiger partial charge in [0.05, 0.1) is 0 Å². The van der Waals surface area contributed by atoms with E-state index in [1.165, 1.54) is 12.8 Å². The lowest BCUT2D eigenvalue weighted by Crippen LogP contribution is -2.31. The molecule has 0 aromatic heterocycles. The van der Waals surface area contributed by atoms with Gasteiger partial charge in [-0.15, -0.1) is 0 Å². The third-order valence-corrected chi connectivity index (χ3v) is 3.51. The zero-order valence-corrected chi connectivity index (χ0v) is 10.6. The zero-order chi connectivity index (χ0) is 11.5. The normalized spacial score (nSPS) is 18.9. The van der Waals surface area contributed by atoms with Crippen LogP contribution in [0.5, 0.6) is 0 Å². The second-order valence-corrected chi connectivity index (χ2v) is 5.07. The Kier molecular flexibility index (Phi) is 4.09. The molecular weight excluding hydrogens is 243 g/mol. The molecule has 16 heavy (non-hydrogen) atoms. The van der Waals surface area contributed by atoms with Crippen LogP contribution >= 0.6 is 23.2 Å². The number of halogens is 2. The molecule has 0 radical (unpaired) electrons. The van der Waals surface area contributed by atoms with E-state index in [1.807, 2.05) is 12.1 Å². The Morgan fingerprint density at radius 1 is 1.12 bits per heavy atom. The summed E-state index contributed by atoms with van der Waals surface area (Å²) in [7, 11) is 0. The molecule has 1 atom stereocenters. The van der Waals surface area contributed by atoms with Crippen LogP contribution in [0, 0.1) is 0 Å². The average molecular weight is 259 g/mol. The van der Waals surface area contributed by atoms with Gasteiger partial charge >= 0.3 is 0 Å². The molecule has 2 N–H and O–H groups in total. The minimum Gasteiger partial charge on any atom is -0.329 e. The number of rotatable bonds is 3. The van der Waals surface area contributed by atoms with E-state index in [1.54, 1.807) is 6.07 Å². The first-order valence-electron chi connectivity index (χ1n) is 5.61. The summed E-state index contributed by atoms with van der Waals surface area (Å²) in [5.74, 6) is 0. The average Bonchev–Trinajstić information content (AvgIpc) is 2.70. The van der Waals surface area contributed by atoms with Crippen LogP contribution in [0.3, 0.4) is 0 Å². The third-order valence-electron chi connectivity index (χ3n) is 3.07. The first-order valence-corrected chi connectivity index (χ1v) is 6.36. The summed E-state index contributed by atoms with van der Waals surface area (Å²) < 4.78 is 0. The first kappa shape index (κ1) is 12.2. The quantitative estimate of drug-likeness (QED) is 0.903. The van der Waals surface area contributed by atoms with Gasteiger partial charge in [-0.3, -0.25) is 4.90 Å². The third kappa shape index (κ3) is 2.69. The van der Waals surface area contributed by atoms with Gasteiger partial charge in [-0.25, -0.2) is 0 Å². The second-order valence-electron chi connectivity index (χ2n) is 4.20. The molecule has 0 unspecified atom stereocenters. The zero-order valence-electron chi connectivity index (χ0n) is 9.13. The lowest BCUT2D eigenvalue weighted by Gasteiger charge is -2.26. The van der Waals surface area contributed by atoms with Crippen LogP contribution in [0.2, 0.25) is 10.0 Å². The predicted molar refractivity (Wildman–Crippen MR) is 69.1 cm³/mol. The van der Waals surface area contributed by atoms with Gasteiger partial charge in [0.25, 0.3) is 0 Å². The maximum absolute atomic E-state index is 6.01. The summed E-state index contributed by atoms with van der Waals surface area (Å²) in [6, 6.07) is 5.93. The lowest BCUT2D eigenvalue weighted by atomic mass is 10.1. The van der Waals surface area contributed by atoms with Crippen molar-refractivity contribution in [3.05, 3.63) is 33.8 Å². The molecule has 0 amide bonds. The maximum Gasteiger partial charge on any atom is 0.0471 e. The molecule has 88 valence electrons. The number of likely N-dealkylation sites (tertiary alicyclic amines) is 1. The highest BCUT2D eigenvalue weighted by Crippen LogP contribution is 2.28. The lowest BCUT2D eigenvalue weighted by molar-refractivity contribution is 0.251. The molecule has 2 nitrogen and oxygen atoms in total. The fraction of sp³-hybridized carbons (Fsp3) is 0.500. The van der Waals surface area contributed by atoms with Crippen molar-refractivity contribution < 1.29 is 0 Å². The highest BCUT2D eigenvalue weighted by molar-refractivity contribution is 6.34. The molecule has 1 aliphatic heterocycles. The molecule has 1 aromatic rings. The summed E-state index contributed by atoms with van der Waals surface area (Å²) in [6.07, 6.45) is 2.51. The minimum absolute atomic E-state index is 0.249. The molecule has 1 aromatic carbocycles. The van der Waals surface area contributed by atoms with Crippen molar-refractivity contribution in [3.8, 4) is 0 Å². The van der Waals surface area contributed by atoms with Crippen LogP contribution in [0.25, 0.3) is 0 Å². The van der Waals surface area contributed by atoms with Crippen LogP contribution in [0.1, 0.15) is 24.4 Å². The van der Waals surface area contributed by atoms with Gasteiger partial charge in [0.1, 0.15) is 0 Å². The highest BCUT2D eigenvalue weighted by Gasteiger charge is 2.22. The molecule has 1 aliphatic rings. The Balaban J connectivity index is 2.24. The van der Waals surface area contributed by atoms with E-state index in [9.17, 15) is 0 Å². The second kappa shape index (κ2) is 5.37. The smallest absolute Gasteiger partial charge is 0.0471 e. The Bertz CT molecular complexity index is 342. The van der Waals surface area contributed by atoms with Crippen LogP contribution in [-0.4, -0.2) is 24.5 Å². The monoisotopic (exact) mass is 258 g/mol. The maximum atomic E-state index is 6.01. The molecule has 4 heteroatoms. The molecule has 0 spiro atoms. The Morgan fingerprint density at radius 2 is 1.69 bits per heavy atom. The molecule has 0 bridgehead atoms. The molecule has 1 heterocycles. The molecule has 1 fully saturated rings. The van der Waals surface area contributed by atoms with E-state index in [4.69, 9.17) is 28.9 Å². The number of nitrogens with two attached hydrogens (primary N) is 1. The van der Waals surface area contributed by atoms with E-state index in [0.717, 1.165) is 18.7 Å². The van der Waals surface area contributed by atoms with Crippen molar-refractivity contribution in [1.82, 2.24) is 4.90 Å². The van der Waals surface area contributed by atoms with Gasteiger partial charge in [-0.2, -0.15) is 0 Å². The number of hydrogen-bond donors (Lipinski definition) is 1.